The van der Waals surface area contributed by atoms with E-state index in [4.69, 9.17) is 9.73 Å². The quantitative estimate of drug-likeness (QED) is 0.486. The second-order valence-corrected chi connectivity index (χ2v) is 8.51. The van der Waals surface area contributed by atoms with Gasteiger partial charge in [-0.15, -0.1) is 10.2 Å². The third kappa shape index (κ3) is 5.97. The highest BCUT2D eigenvalue weighted by Crippen LogP contribution is 2.24. The van der Waals surface area contributed by atoms with Crippen molar-refractivity contribution in [2.45, 2.75) is 79.6 Å². The Morgan fingerprint density at radius 1 is 1.23 bits per heavy atom. The minimum Gasteiger partial charge on any atom is -0.490 e. The summed E-state index contributed by atoms with van der Waals surface area (Å²) in [7, 11) is 0. The van der Waals surface area contributed by atoms with Gasteiger partial charge in [-0.1, -0.05) is 26.0 Å². The van der Waals surface area contributed by atoms with E-state index in [0.29, 0.717) is 19.0 Å². The van der Waals surface area contributed by atoms with E-state index in [9.17, 15) is 0 Å². The third-order valence-corrected chi connectivity index (χ3v) is 5.21. The summed E-state index contributed by atoms with van der Waals surface area (Å²) in [4.78, 5) is 4.79. The van der Waals surface area contributed by atoms with E-state index in [2.05, 4.69) is 78.2 Å². The lowest BCUT2D eigenvalue weighted by molar-refractivity contribution is 0.191. The zero-order valence-electron chi connectivity index (χ0n) is 19.0. The minimum absolute atomic E-state index is 0.177. The van der Waals surface area contributed by atoms with E-state index in [1.807, 2.05) is 0 Å². The maximum absolute atomic E-state index is 6.27. The van der Waals surface area contributed by atoms with Gasteiger partial charge in [-0.3, -0.25) is 0 Å². The van der Waals surface area contributed by atoms with Gasteiger partial charge in [-0.05, 0) is 51.2 Å². The summed E-state index contributed by atoms with van der Waals surface area (Å²) in [6, 6.07) is 6.34. The zero-order chi connectivity index (χ0) is 21.5. The molecule has 1 aliphatic heterocycles. The molecule has 2 heterocycles. The van der Waals surface area contributed by atoms with Crippen molar-refractivity contribution in [3.05, 3.63) is 41.0 Å². The van der Waals surface area contributed by atoms with Crippen molar-refractivity contribution in [1.82, 2.24) is 25.4 Å². The van der Waals surface area contributed by atoms with Gasteiger partial charge in [-0.2, -0.15) is 0 Å². The number of nitrogens with zero attached hydrogens (tertiary/aromatic N) is 4. The number of aromatic nitrogens is 3. The van der Waals surface area contributed by atoms with Crippen LogP contribution in [-0.4, -0.2) is 33.4 Å². The monoisotopic (exact) mass is 412 g/mol. The predicted octanol–water partition coefficient (Wildman–Crippen LogP) is 3.60. The molecule has 0 fully saturated rings. The van der Waals surface area contributed by atoms with Crippen LogP contribution in [0.3, 0.4) is 0 Å². The van der Waals surface area contributed by atoms with Crippen LogP contribution in [-0.2, 0) is 26.1 Å². The van der Waals surface area contributed by atoms with Crippen molar-refractivity contribution in [2.24, 2.45) is 10.9 Å². The average Bonchev–Trinajstić information content (AvgIpc) is 3.28. The SMILES string of the molecule is CCNC(=NCc1ccc(C)cc1OC(C)CC(C)C)NCc1nnc2n1CCC2. The van der Waals surface area contributed by atoms with Crippen LogP contribution >= 0.6 is 0 Å². The van der Waals surface area contributed by atoms with E-state index >= 15 is 0 Å². The number of nitrogens with one attached hydrogen (secondary N) is 2. The molecule has 3 rings (SSSR count). The molecule has 30 heavy (non-hydrogen) atoms. The molecule has 1 aliphatic rings. The summed E-state index contributed by atoms with van der Waals surface area (Å²) in [6.45, 7) is 13.7. The summed E-state index contributed by atoms with van der Waals surface area (Å²) in [5.74, 6) is 4.36. The maximum atomic E-state index is 6.27. The van der Waals surface area contributed by atoms with Gasteiger partial charge in [0.1, 0.15) is 11.6 Å². The summed E-state index contributed by atoms with van der Waals surface area (Å²) < 4.78 is 8.47. The van der Waals surface area contributed by atoms with Crippen LogP contribution in [0.5, 0.6) is 5.75 Å². The number of aryl methyl sites for hydroxylation is 2. The number of rotatable bonds is 9. The lowest BCUT2D eigenvalue weighted by Gasteiger charge is -2.19. The van der Waals surface area contributed by atoms with Crippen LogP contribution in [0.2, 0.25) is 0 Å². The highest BCUT2D eigenvalue weighted by atomic mass is 16.5. The molecule has 0 aliphatic carbocycles. The molecule has 1 aromatic heterocycles. The first-order valence-corrected chi connectivity index (χ1v) is 11.2. The lowest BCUT2D eigenvalue weighted by Crippen LogP contribution is -2.37. The molecular weight excluding hydrogens is 376 g/mol. The summed E-state index contributed by atoms with van der Waals surface area (Å²) in [5.41, 5.74) is 2.29. The van der Waals surface area contributed by atoms with Crippen molar-refractivity contribution in [1.29, 1.82) is 0 Å². The normalized spacial score (nSPS) is 14.7. The van der Waals surface area contributed by atoms with Gasteiger partial charge >= 0.3 is 0 Å². The van der Waals surface area contributed by atoms with Crippen LogP contribution in [0, 0.1) is 12.8 Å². The second kappa shape index (κ2) is 10.5. The van der Waals surface area contributed by atoms with Crippen molar-refractivity contribution < 1.29 is 4.74 Å². The Morgan fingerprint density at radius 2 is 2.07 bits per heavy atom. The summed E-state index contributed by atoms with van der Waals surface area (Å²) >= 11 is 0. The Kier molecular flexibility index (Phi) is 7.71. The molecule has 2 aromatic rings. The van der Waals surface area contributed by atoms with Crippen LogP contribution in [0.4, 0.5) is 0 Å². The molecule has 1 atom stereocenters. The van der Waals surface area contributed by atoms with Gasteiger partial charge in [0.2, 0.25) is 0 Å². The third-order valence-electron chi connectivity index (χ3n) is 5.21. The number of hydrogen-bond acceptors (Lipinski definition) is 4. The van der Waals surface area contributed by atoms with E-state index < -0.39 is 0 Å². The van der Waals surface area contributed by atoms with Gasteiger partial charge in [0, 0.05) is 25.1 Å². The molecule has 0 radical (unpaired) electrons. The smallest absolute Gasteiger partial charge is 0.191 e. The Morgan fingerprint density at radius 3 is 2.83 bits per heavy atom. The molecule has 0 bridgehead atoms. The van der Waals surface area contributed by atoms with Gasteiger partial charge in [-0.25, -0.2) is 4.99 Å². The van der Waals surface area contributed by atoms with Crippen molar-refractivity contribution >= 4 is 5.96 Å². The molecule has 1 unspecified atom stereocenters. The van der Waals surface area contributed by atoms with Crippen LogP contribution in [0.25, 0.3) is 0 Å². The molecule has 0 spiro atoms. The minimum atomic E-state index is 0.177. The number of guanidine groups is 1. The van der Waals surface area contributed by atoms with E-state index in [0.717, 1.165) is 61.3 Å². The predicted molar refractivity (Wildman–Crippen MR) is 121 cm³/mol. The molecule has 0 saturated carbocycles. The first-order valence-electron chi connectivity index (χ1n) is 11.2. The van der Waals surface area contributed by atoms with E-state index in [-0.39, 0.29) is 6.10 Å². The van der Waals surface area contributed by atoms with Crippen LogP contribution < -0.4 is 15.4 Å². The fraction of sp³-hybridized carbons (Fsp3) is 0.609. The molecule has 0 saturated heterocycles. The Labute approximate surface area is 180 Å². The highest BCUT2D eigenvalue weighted by Gasteiger charge is 2.17. The molecule has 0 amide bonds. The number of aliphatic imine (C=N–C) groups is 1. The summed E-state index contributed by atoms with van der Waals surface area (Å²) in [6.07, 6.45) is 3.38. The van der Waals surface area contributed by atoms with Gasteiger partial charge in [0.05, 0.1) is 19.2 Å². The Bertz CT molecular complexity index is 857. The molecule has 2 N–H and O–H groups in total. The number of ether oxygens (including phenoxy) is 1. The standard InChI is InChI=1S/C23H36N6O/c1-6-24-23(26-15-22-28-27-21-8-7-11-29(21)22)25-14-19-10-9-17(4)13-20(19)30-18(5)12-16(2)3/h9-10,13,16,18H,6-8,11-12,14-15H2,1-5H3,(H2,24,25,26). The van der Waals surface area contributed by atoms with E-state index in [1.165, 1.54) is 5.56 Å². The first-order chi connectivity index (χ1) is 14.5. The Balaban J connectivity index is 1.67. The molecule has 7 nitrogen and oxygen atoms in total. The van der Waals surface area contributed by atoms with Crippen LogP contribution in [0.15, 0.2) is 23.2 Å². The fourth-order valence-electron chi connectivity index (χ4n) is 3.84. The van der Waals surface area contributed by atoms with Gasteiger partial charge < -0.3 is 19.9 Å². The summed E-state index contributed by atoms with van der Waals surface area (Å²) in [5, 5.41) is 15.3. The van der Waals surface area contributed by atoms with Crippen molar-refractivity contribution in [3.8, 4) is 5.75 Å². The Hall–Kier alpha value is -2.57. The first kappa shape index (κ1) is 22.1. The van der Waals surface area contributed by atoms with Crippen molar-refractivity contribution in [2.75, 3.05) is 6.54 Å². The molecule has 164 valence electrons. The lowest BCUT2D eigenvalue weighted by atomic mass is 10.1. The molecule has 7 heteroatoms. The fourth-order valence-corrected chi connectivity index (χ4v) is 3.84. The largest absolute Gasteiger partial charge is 0.490 e. The number of benzene rings is 1. The average molecular weight is 413 g/mol. The van der Waals surface area contributed by atoms with Gasteiger partial charge in [0.25, 0.3) is 0 Å². The zero-order valence-corrected chi connectivity index (χ0v) is 19.0. The highest BCUT2D eigenvalue weighted by molar-refractivity contribution is 5.79. The topological polar surface area (TPSA) is 76.4 Å². The van der Waals surface area contributed by atoms with E-state index in [1.54, 1.807) is 0 Å². The van der Waals surface area contributed by atoms with Crippen molar-refractivity contribution in [3.63, 3.8) is 0 Å². The molecular formula is C23H36N6O. The maximum Gasteiger partial charge on any atom is 0.191 e. The number of hydrogen-bond donors (Lipinski definition) is 2. The second-order valence-electron chi connectivity index (χ2n) is 8.51. The van der Waals surface area contributed by atoms with Gasteiger partial charge in [0.15, 0.2) is 11.8 Å². The van der Waals surface area contributed by atoms with Crippen LogP contribution in [0.1, 0.15) is 63.3 Å². The number of fused-ring (bicyclic) bond motifs is 1. The molecule has 1 aromatic carbocycles.